The average Bonchev–Trinajstić information content (AvgIpc) is 3.29. The van der Waals surface area contributed by atoms with Gasteiger partial charge in [-0.2, -0.15) is 0 Å². The summed E-state index contributed by atoms with van der Waals surface area (Å²) in [4.78, 5) is 29.6. The number of benzene rings is 1. The van der Waals surface area contributed by atoms with Gasteiger partial charge in [0.05, 0.1) is 11.3 Å². The first-order chi connectivity index (χ1) is 13.5. The number of hydrogen-bond acceptors (Lipinski definition) is 5. The molecule has 2 aliphatic heterocycles. The molecule has 5 nitrogen and oxygen atoms in total. The fraction of sp³-hybridized carbons (Fsp3) is 0.300. The molecular formula is C20H18F2N2O3S. The lowest BCUT2D eigenvalue weighted by Gasteiger charge is -2.34. The molecule has 1 aromatic heterocycles. The fourth-order valence-electron chi connectivity index (χ4n) is 3.75. The standard InChI is InChI=1S/C20H18F2N2O3S/c21-13-5-6-15(14(22)9-13)24-19(26)17(16-4-2-8-28-16)18(20(24)27)23-7-1-3-12(10-23)11-25/h2,4-6,8-9,12,25H,1,3,7,10-11H2. The molecule has 1 unspecified atom stereocenters. The van der Waals surface area contributed by atoms with Crippen molar-refractivity contribution in [1.82, 2.24) is 4.90 Å². The zero-order valence-corrected chi connectivity index (χ0v) is 15.7. The largest absolute Gasteiger partial charge is 0.396 e. The monoisotopic (exact) mass is 404 g/mol. The highest BCUT2D eigenvalue weighted by Crippen LogP contribution is 2.38. The van der Waals surface area contributed by atoms with Crippen LogP contribution in [0.3, 0.4) is 0 Å². The summed E-state index contributed by atoms with van der Waals surface area (Å²) >= 11 is 1.32. The molecule has 0 bridgehead atoms. The third-order valence-electron chi connectivity index (χ3n) is 5.07. The highest BCUT2D eigenvalue weighted by Gasteiger charge is 2.44. The van der Waals surface area contributed by atoms with Crippen LogP contribution in [0.25, 0.3) is 5.57 Å². The number of amides is 2. The van der Waals surface area contributed by atoms with E-state index in [1.165, 1.54) is 11.3 Å². The third-order valence-corrected chi connectivity index (χ3v) is 5.96. The Labute approximate surface area is 164 Å². The fourth-order valence-corrected chi connectivity index (χ4v) is 4.52. The first-order valence-electron chi connectivity index (χ1n) is 8.99. The zero-order chi connectivity index (χ0) is 19.8. The molecule has 1 fully saturated rings. The molecule has 0 aliphatic carbocycles. The van der Waals surface area contributed by atoms with E-state index in [1.54, 1.807) is 22.4 Å². The number of hydrogen-bond donors (Lipinski definition) is 1. The molecule has 2 aromatic rings. The first kappa shape index (κ1) is 18.8. The summed E-state index contributed by atoms with van der Waals surface area (Å²) < 4.78 is 27.7. The summed E-state index contributed by atoms with van der Waals surface area (Å²) in [6.45, 7) is 1.01. The summed E-state index contributed by atoms with van der Waals surface area (Å²) in [6.07, 6.45) is 1.62. The van der Waals surface area contributed by atoms with Gasteiger partial charge in [-0.05, 0) is 42.3 Å². The van der Waals surface area contributed by atoms with Crippen LogP contribution in [0.2, 0.25) is 0 Å². The van der Waals surface area contributed by atoms with E-state index < -0.39 is 23.4 Å². The average molecular weight is 404 g/mol. The van der Waals surface area contributed by atoms with Crippen molar-refractivity contribution < 1.29 is 23.5 Å². The Bertz CT molecular complexity index is 958. The SMILES string of the molecule is O=C1C(c2cccs2)=C(N2CCCC(CO)C2)C(=O)N1c1ccc(F)cc1F. The predicted octanol–water partition coefficient (Wildman–Crippen LogP) is 3.02. The molecule has 146 valence electrons. The second-order valence-corrected chi connectivity index (χ2v) is 7.83. The van der Waals surface area contributed by atoms with Crippen molar-refractivity contribution in [3.8, 4) is 0 Å². The van der Waals surface area contributed by atoms with Crippen molar-refractivity contribution in [2.24, 2.45) is 5.92 Å². The minimum atomic E-state index is -0.972. The number of rotatable bonds is 4. The molecule has 2 aliphatic rings. The van der Waals surface area contributed by atoms with Crippen LogP contribution in [-0.4, -0.2) is 41.5 Å². The molecule has 1 aromatic carbocycles. The summed E-state index contributed by atoms with van der Waals surface area (Å²) in [5.74, 6) is -3.00. The normalized spacial score (nSPS) is 20.5. The van der Waals surface area contributed by atoms with Gasteiger partial charge >= 0.3 is 0 Å². The molecule has 1 saturated heterocycles. The summed E-state index contributed by atoms with van der Waals surface area (Å²) in [7, 11) is 0. The van der Waals surface area contributed by atoms with E-state index in [0.717, 1.165) is 29.9 Å². The van der Waals surface area contributed by atoms with E-state index in [9.17, 15) is 23.5 Å². The van der Waals surface area contributed by atoms with Crippen LogP contribution >= 0.6 is 11.3 Å². The van der Waals surface area contributed by atoms with Crippen LogP contribution in [0.15, 0.2) is 41.4 Å². The van der Waals surface area contributed by atoms with Crippen LogP contribution < -0.4 is 4.90 Å². The van der Waals surface area contributed by atoms with E-state index in [1.807, 2.05) is 0 Å². The van der Waals surface area contributed by atoms with Crippen LogP contribution in [0, 0.1) is 17.6 Å². The van der Waals surface area contributed by atoms with Crippen LogP contribution in [0.1, 0.15) is 17.7 Å². The molecule has 4 rings (SSSR count). The minimum absolute atomic E-state index is 0.00342. The lowest BCUT2D eigenvalue weighted by Crippen LogP contribution is -2.40. The number of carbonyl (C=O) groups excluding carboxylic acids is 2. The van der Waals surface area contributed by atoms with Gasteiger partial charge in [-0.1, -0.05) is 6.07 Å². The Morgan fingerprint density at radius 1 is 1.18 bits per heavy atom. The highest BCUT2D eigenvalue weighted by molar-refractivity contribution is 7.11. The van der Waals surface area contributed by atoms with E-state index in [4.69, 9.17) is 0 Å². The van der Waals surface area contributed by atoms with E-state index >= 15 is 0 Å². The van der Waals surface area contributed by atoms with Crippen molar-refractivity contribution >= 4 is 34.4 Å². The van der Waals surface area contributed by atoms with Gasteiger partial charge in [0, 0.05) is 30.6 Å². The molecule has 28 heavy (non-hydrogen) atoms. The second-order valence-electron chi connectivity index (χ2n) is 6.88. The van der Waals surface area contributed by atoms with Crippen molar-refractivity contribution in [1.29, 1.82) is 0 Å². The maximum absolute atomic E-state index is 14.4. The Kier molecular flexibility index (Phi) is 4.99. The van der Waals surface area contributed by atoms with Crippen LogP contribution in [-0.2, 0) is 9.59 Å². The topological polar surface area (TPSA) is 60.9 Å². The molecule has 0 radical (unpaired) electrons. The summed E-state index contributed by atoms with van der Waals surface area (Å²) in [6, 6.07) is 6.29. The Hall–Kier alpha value is -2.58. The van der Waals surface area contributed by atoms with Gasteiger partial charge in [-0.3, -0.25) is 9.59 Å². The third kappa shape index (κ3) is 3.12. The maximum Gasteiger partial charge on any atom is 0.282 e. The van der Waals surface area contributed by atoms with Crippen molar-refractivity contribution in [2.75, 3.05) is 24.6 Å². The molecule has 1 atom stereocenters. The maximum atomic E-state index is 14.4. The molecule has 1 N–H and O–H groups in total. The number of carbonyl (C=O) groups is 2. The Morgan fingerprint density at radius 3 is 2.68 bits per heavy atom. The van der Waals surface area contributed by atoms with E-state index in [0.29, 0.717) is 24.0 Å². The number of imide groups is 1. The van der Waals surface area contributed by atoms with E-state index in [-0.39, 0.29) is 29.5 Å². The zero-order valence-electron chi connectivity index (χ0n) is 14.9. The predicted molar refractivity (Wildman–Crippen MR) is 101 cm³/mol. The molecular weight excluding hydrogens is 386 g/mol. The Morgan fingerprint density at radius 2 is 2.00 bits per heavy atom. The number of nitrogens with zero attached hydrogens (tertiary/aromatic N) is 2. The lowest BCUT2D eigenvalue weighted by atomic mass is 9.98. The summed E-state index contributed by atoms with van der Waals surface area (Å²) in [5.41, 5.74) is 0.174. The molecule has 2 amide bonds. The quantitative estimate of drug-likeness (QED) is 0.796. The van der Waals surface area contributed by atoms with Crippen LogP contribution in [0.4, 0.5) is 14.5 Å². The van der Waals surface area contributed by atoms with Crippen LogP contribution in [0.5, 0.6) is 0 Å². The van der Waals surface area contributed by atoms with E-state index in [2.05, 4.69) is 0 Å². The number of piperidine rings is 1. The molecule has 3 heterocycles. The van der Waals surface area contributed by atoms with Crippen molar-refractivity contribution in [2.45, 2.75) is 12.8 Å². The Balaban J connectivity index is 1.80. The molecule has 8 heteroatoms. The highest BCUT2D eigenvalue weighted by atomic mass is 32.1. The van der Waals surface area contributed by atoms with Gasteiger partial charge < -0.3 is 10.0 Å². The van der Waals surface area contributed by atoms with Gasteiger partial charge in [0.15, 0.2) is 0 Å². The van der Waals surface area contributed by atoms with Gasteiger partial charge in [-0.15, -0.1) is 11.3 Å². The van der Waals surface area contributed by atoms with Gasteiger partial charge in [0.1, 0.15) is 17.3 Å². The van der Waals surface area contributed by atoms with Gasteiger partial charge in [0.25, 0.3) is 11.8 Å². The molecule has 0 spiro atoms. The van der Waals surface area contributed by atoms with Gasteiger partial charge in [-0.25, -0.2) is 13.7 Å². The smallest absolute Gasteiger partial charge is 0.282 e. The summed E-state index contributed by atoms with van der Waals surface area (Å²) in [5, 5.41) is 11.3. The van der Waals surface area contributed by atoms with Gasteiger partial charge in [0.2, 0.25) is 0 Å². The number of anilines is 1. The number of halogens is 2. The lowest BCUT2D eigenvalue weighted by molar-refractivity contribution is -0.121. The second kappa shape index (κ2) is 7.44. The number of likely N-dealkylation sites (tertiary alicyclic amines) is 1. The van der Waals surface area contributed by atoms with Crippen molar-refractivity contribution in [3.05, 3.63) is 57.9 Å². The number of aliphatic hydroxyl groups excluding tert-OH is 1. The first-order valence-corrected chi connectivity index (χ1v) is 9.87. The molecule has 0 saturated carbocycles. The number of thiophene rings is 1. The minimum Gasteiger partial charge on any atom is -0.396 e. The van der Waals surface area contributed by atoms with Crippen molar-refractivity contribution in [3.63, 3.8) is 0 Å². The number of aliphatic hydroxyl groups is 1.